The summed E-state index contributed by atoms with van der Waals surface area (Å²) in [6.07, 6.45) is 8.92. The summed E-state index contributed by atoms with van der Waals surface area (Å²) in [5, 5.41) is 3.16. The monoisotopic (exact) mass is 309 g/mol. The molecule has 0 bridgehead atoms. The number of hydrogen-bond acceptors (Lipinski definition) is 3. The second-order valence-corrected chi connectivity index (χ2v) is 8.07. The summed E-state index contributed by atoms with van der Waals surface area (Å²) in [5.74, 6) is 0.868. The number of nitrogens with one attached hydrogen (secondary N) is 1. The van der Waals surface area contributed by atoms with Crippen LogP contribution in [0, 0.1) is 5.92 Å². The molecule has 1 saturated heterocycles. The zero-order valence-electron chi connectivity index (χ0n) is 14.8. The fourth-order valence-electron chi connectivity index (χ4n) is 3.94. The third kappa shape index (κ3) is 4.23. The van der Waals surface area contributed by atoms with Crippen LogP contribution in [0.25, 0.3) is 0 Å². The first kappa shape index (κ1) is 17.7. The Morgan fingerprint density at radius 3 is 2.59 bits per heavy atom. The van der Waals surface area contributed by atoms with Crippen LogP contribution in [-0.2, 0) is 4.79 Å². The standard InChI is InChI=1S/C18H35N3O/c1-4-15-9-8-12-21(13-15)17(2,3)14-20-16(22)18(19)10-6-5-7-11-18/h15H,4-14,19H2,1-3H3,(H,20,22). The molecule has 4 heteroatoms. The van der Waals surface area contributed by atoms with E-state index in [-0.39, 0.29) is 11.4 Å². The van der Waals surface area contributed by atoms with E-state index in [0.717, 1.165) is 44.7 Å². The average molecular weight is 309 g/mol. The van der Waals surface area contributed by atoms with Gasteiger partial charge in [0.25, 0.3) is 0 Å². The molecule has 128 valence electrons. The summed E-state index contributed by atoms with van der Waals surface area (Å²) in [6.45, 7) is 9.77. The van der Waals surface area contributed by atoms with Crippen molar-refractivity contribution < 1.29 is 4.79 Å². The third-order valence-corrected chi connectivity index (χ3v) is 5.83. The summed E-state index contributed by atoms with van der Waals surface area (Å²) >= 11 is 0. The van der Waals surface area contributed by atoms with Crippen molar-refractivity contribution in [3.8, 4) is 0 Å². The fourth-order valence-corrected chi connectivity index (χ4v) is 3.94. The molecule has 2 aliphatic rings. The number of hydrogen-bond donors (Lipinski definition) is 2. The van der Waals surface area contributed by atoms with Crippen LogP contribution in [0.2, 0.25) is 0 Å². The number of likely N-dealkylation sites (tertiary alicyclic amines) is 1. The summed E-state index contributed by atoms with van der Waals surface area (Å²) in [6, 6.07) is 0. The van der Waals surface area contributed by atoms with Crippen LogP contribution in [0.3, 0.4) is 0 Å². The lowest BCUT2D eigenvalue weighted by molar-refractivity contribution is -0.128. The van der Waals surface area contributed by atoms with Crippen molar-refractivity contribution in [1.82, 2.24) is 10.2 Å². The number of nitrogens with two attached hydrogens (primary N) is 1. The molecule has 0 aromatic rings. The summed E-state index contributed by atoms with van der Waals surface area (Å²) in [5.41, 5.74) is 5.71. The van der Waals surface area contributed by atoms with Gasteiger partial charge in [0.1, 0.15) is 0 Å². The molecule has 4 nitrogen and oxygen atoms in total. The largest absolute Gasteiger partial charge is 0.353 e. The predicted molar refractivity (Wildman–Crippen MR) is 91.7 cm³/mol. The van der Waals surface area contributed by atoms with Gasteiger partial charge < -0.3 is 11.1 Å². The second kappa shape index (κ2) is 7.31. The second-order valence-electron chi connectivity index (χ2n) is 8.07. The van der Waals surface area contributed by atoms with Gasteiger partial charge in [-0.3, -0.25) is 9.69 Å². The Balaban J connectivity index is 1.87. The van der Waals surface area contributed by atoms with Crippen LogP contribution in [0.15, 0.2) is 0 Å². The van der Waals surface area contributed by atoms with Crippen LogP contribution in [-0.4, -0.2) is 41.5 Å². The predicted octanol–water partition coefficient (Wildman–Crippen LogP) is 2.66. The van der Waals surface area contributed by atoms with Crippen LogP contribution in [0.4, 0.5) is 0 Å². The molecular formula is C18H35N3O. The maximum absolute atomic E-state index is 12.5. The van der Waals surface area contributed by atoms with Crippen LogP contribution in [0.1, 0.15) is 72.1 Å². The SMILES string of the molecule is CCC1CCCN(C(C)(C)CNC(=O)C2(N)CCCCC2)C1. The maximum atomic E-state index is 12.5. The topological polar surface area (TPSA) is 58.4 Å². The summed E-state index contributed by atoms with van der Waals surface area (Å²) < 4.78 is 0. The minimum absolute atomic E-state index is 0.00846. The number of piperidine rings is 1. The first-order valence-electron chi connectivity index (χ1n) is 9.19. The highest BCUT2D eigenvalue weighted by Gasteiger charge is 2.37. The van der Waals surface area contributed by atoms with E-state index in [0.29, 0.717) is 6.54 Å². The van der Waals surface area contributed by atoms with Crippen molar-refractivity contribution in [3.63, 3.8) is 0 Å². The number of rotatable bonds is 5. The Morgan fingerprint density at radius 1 is 1.27 bits per heavy atom. The number of carbonyl (C=O) groups excluding carboxylic acids is 1. The van der Waals surface area contributed by atoms with Crippen LogP contribution in [0.5, 0.6) is 0 Å². The smallest absolute Gasteiger partial charge is 0.240 e. The van der Waals surface area contributed by atoms with Crippen molar-refractivity contribution in [3.05, 3.63) is 0 Å². The molecular weight excluding hydrogens is 274 g/mol. The molecule has 1 amide bonds. The van der Waals surface area contributed by atoms with Crippen molar-refractivity contribution in [2.45, 2.75) is 83.2 Å². The first-order chi connectivity index (χ1) is 10.4. The Bertz CT molecular complexity index is 375. The molecule has 2 rings (SSSR count). The van der Waals surface area contributed by atoms with Gasteiger partial charge in [-0.25, -0.2) is 0 Å². The van der Waals surface area contributed by atoms with E-state index in [1.807, 2.05) is 0 Å². The van der Waals surface area contributed by atoms with Gasteiger partial charge in [-0.05, 0) is 52.0 Å². The van der Waals surface area contributed by atoms with E-state index in [2.05, 4.69) is 31.0 Å². The molecule has 2 fully saturated rings. The van der Waals surface area contributed by atoms with Gasteiger partial charge in [-0.15, -0.1) is 0 Å². The molecule has 1 aliphatic carbocycles. The Labute approximate surface area is 136 Å². The van der Waals surface area contributed by atoms with E-state index in [1.54, 1.807) is 0 Å². The summed E-state index contributed by atoms with van der Waals surface area (Å²) in [4.78, 5) is 15.1. The highest BCUT2D eigenvalue weighted by molar-refractivity contribution is 5.86. The van der Waals surface area contributed by atoms with E-state index < -0.39 is 5.54 Å². The lowest BCUT2D eigenvalue weighted by Crippen LogP contribution is -2.60. The highest BCUT2D eigenvalue weighted by atomic mass is 16.2. The van der Waals surface area contributed by atoms with Gasteiger partial charge in [0.2, 0.25) is 5.91 Å². The lowest BCUT2D eigenvalue weighted by Gasteiger charge is -2.44. The van der Waals surface area contributed by atoms with Crippen LogP contribution >= 0.6 is 0 Å². The third-order valence-electron chi connectivity index (χ3n) is 5.83. The van der Waals surface area contributed by atoms with E-state index >= 15 is 0 Å². The molecule has 0 spiro atoms. The molecule has 1 aliphatic heterocycles. The zero-order valence-corrected chi connectivity index (χ0v) is 14.8. The van der Waals surface area contributed by atoms with E-state index in [1.165, 1.54) is 25.7 Å². The molecule has 1 saturated carbocycles. The number of amides is 1. The molecule has 22 heavy (non-hydrogen) atoms. The van der Waals surface area contributed by atoms with E-state index in [9.17, 15) is 4.79 Å². The van der Waals surface area contributed by atoms with Crippen molar-refractivity contribution in [2.24, 2.45) is 11.7 Å². The minimum Gasteiger partial charge on any atom is -0.353 e. The molecule has 1 atom stereocenters. The van der Waals surface area contributed by atoms with Crippen molar-refractivity contribution in [2.75, 3.05) is 19.6 Å². The lowest BCUT2D eigenvalue weighted by atomic mass is 9.81. The Morgan fingerprint density at radius 2 is 1.95 bits per heavy atom. The van der Waals surface area contributed by atoms with Gasteiger partial charge in [-0.1, -0.05) is 32.6 Å². The van der Waals surface area contributed by atoms with Gasteiger partial charge in [0.15, 0.2) is 0 Å². The molecule has 0 radical (unpaired) electrons. The Kier molecular flexibility index (Phi) is 5.89. The minimum atomic E-state index is -0.623. The quantitative estimate of drug-likeness (QED) is 0.821. The van der Waals surface area contributed by atoms with Crippen molar-refractivity contribution in [1.29, 1.82) is 0 Å². The fraction of sp³-hybridized carbons (Fsp3) is 0.944. The normalized spacial score (nSPS) is 26.6. The molecule has 1 unspecified atom stereocenters. The zero-order chi connectivity index (χ0) is 16.2. The van der Waals surface area contributed by atoms with E-state index in [4.69, 9.17) is 5.73 Å². The van der Waals surface area contributed by atoms with Crippen molar-refractivity contribution >= 4 is 5.91 Å². The molecule has 0 aromatic carbocycles. The highest BCUT2D eigenvalue weighted by Crippen LogP contribution is 2.27. The number of nitrogens with zero attached hydrogens (tertiary/aromatic N) is 1. The van der Waals surface area contributed by atoms with Gasteiger partial charge in [0, 0.05) is 18.6 Å². The van der Waals surface area contributed by atoms with Gasteiger partial charge in [0.05, 0.1) is 5.54 Å². The molecule has 3 N–H and O–H groups in total. The number of carbonyl (C=O) groups is 1. The average Bonchev–Trinajstić information content (AvgIpc) is 2.53. The summed E-state index contributed by atoms with van der Waals surface area (Å²) in [7, 11) is 0. The van der Waals surface area contributed by atoms with Gasteiger partial charge >= 0.3 is 0 Å². The molecule has 0 aromatic heterocycles. The Hall–Kier alpha value is -0.610. The van der Waals surface area contributed by atoms with Crippen LogP contribution < -0.4 is 11.1 Å². The first-order valence-corrected chi connectivity index (χ1v) is 9.19. The van der Waals surface area contributed by atoms with Gasteiger partial charge in [-0.2, -0.15) is 0 Å². The molecule has 1 heterocycles. The maximum Gasteiger partial charge on any atom is 0.240 e.